The zero-order valence-corrected chi connectivity index (χ0v) is 18.3. The number of alkyl halides is 3. The van der Waals surface area contributed by atoms with E-state index in [0.717, 1.165) is 12.1 Å². The predicted molar refractivity (Wildman–Crippen MR) is 117 cm³/mol. The summed E-state index contributed by atoms with van der Waals surface area (Å²) in [5.41, 5.74) is 1.17. The van der Waals surface area contributed by atoms with Gasteiger partial charge in [0.15, 0.2) is 0 Å². The molecule has 0 spiro atoms. The standard InChI is InChI=1S/C21H16ClF3N4O3S/c22-19-7-6-16(12-18(19)21(23,24)25)29(33(31,32)17-4-2-1-3-5-17)14-20(30)28-27-13-15-8-10-26-11-9-15/h1-13H,14H2,(H,28,30)/b27-13-. The van der Waals surface area contributed by atoms with Crippen LogP contribution in [0, 0.1) is 0 Å². The maximum Gasteiger partial charge on any atom is 0.417 e. The molecule has 0 aliphatic rings. The molecule has 0 aliphatic heterocycles. The van der Waals surface area contributed by atoms with E-state index >= 15 is 0 Å². The van der Waals surface area contributed by atoms with Gasteiger partial charge in [-0.05, 0) is 48.0 Å². The van der Waals surface area contributed by atoms with E-state index in [1.807, 2.05) is 0 Å². The Kier molecular flexibility index (Phi) is 7.34. The van der Waals surface area contributed by atoms with Gasteiger partial charge in [0.2, 0.25) is 0 Å². The van der Waals surface area contributed by atoms with Crippen LogP contribution >= 0.6 is 11.6 Å². The van der Waals surface area contributed by atoms with Crippen LogP contribution in [-0.4, -0.2) is 32.1 Å². The van der Waals surface area contributed by atoms with Crippen LogP contribution in [0.2, 0.25) is 5.02 Å². The van der Waals surface area contributed by atoms with Crippen molar-refractivity contribution in [2.75, 3.05) is 10.8 Å². The molecule has 0 saturated carbocycles. The van der Waals surface area contributed by atoms with Crippen LogP contribution in [0.25, 0.3) is 0 Å². The SMILES string of the molecule is O=C(CN(c1ccc(Cl)c(C(F)(F)F)c1)S(=O)(=O)c1ccccc1)N/N=C\c1ccncc1. The van der Waals surface area contributed by atoms with Crippen LogP contribution in [0.4, 0.5) is 18.9 Å². The van der Waals surface area contributed by atoms with Crippen LogP contribution < -0.4 is 9.73 Å². The zero-order valence-electron chi connectivity index (χ0n) is 16.7. The van der Waals surface area contributed by atoms with E-state index in [1.165, 1.54) is 42.9 Å². The first-order valence-corrected chi connectivity index (χ1v) is 11.1. The highest BCUT2D eigenvalue weighted by Gasteiger charge is 2.35. The van der Waals surface area contributed by atoms with Crippen molar-refractivity contribution < 1.29 is 26.4 Å². The molecule has 1 heterocycles. The highest BCUT2D eigenvalue weighted by atomic mass is 35.5. The Morgan fingerprint density at radius 3 is 2.39 bits per heavy atom. The average Bonchev–Trinajstić information content (AvgIpc) is 2.78. The van der Waals surface area contributed by atoms with Crippen molar-refractivity contribution in [2.45, 2.75) is 11.1 Å². The van der Waals surface area contributed by atoms with E-state index < -0.39 is 39.2 Å². The third-order valence-corrected chi connectivity index (χ3v) is 6.39. The van der Waals surface area contributed by atoms with Crippen LogP contribution in [0.5, 0.6) is 0 Å². The molecular weight excluding hydrogens is 481 g/mol. The summed E-state index contributed by atoms with van der Waals surface area (Å²) in [7, 11) is -4.40. The summed E-state index contributed by atoms with van der Waals surface area (Å²) >= 11 is 5.66. The second-order valence-corrected chi connectivity index (χ2v) is 8.83. The monoisotopic (exact) mass is 496 g/mol. The van der Waals surface area contributed by atoms with E-state index in [1.54, 1.807) is 18.2 Å². The molecule has 3 aromatic rings. The van der Waals surface area contributed by atoms with Gasteiger partial charge < -0.3 is 0 Å². The lowest BCUT2D eigenvalue weighted by Gasteiger charge is -2.24. The summed E-state index contributed by atoms with van der Waals surface area (Å²) in [6, 6.07) is 12.8. The number of carbonyl (C=O) groups is 1. The zero-order chi connectivity index (χ0) is 24.1. The smallest absolute Gasteiger partial charge is 0.271 e. The van der Waals surface area contributed by atoms with Crippen LogP contribution in [-0.2, 0) is 21.0 Å². The van der Waals surface area contributed by atoms with Gasteiger partial charge >= 0.3 is 6.18 Å². The average molecular weight is 497 g/mol. The van der Waals surface area contributed by atoms with Crippen molar-refractivity contribution in [3.8, 4) is 0 Å². The van der Waals surface area contributed by atoms with E-state index in [9.17, 15) is 26.4 Å². The molecule has 12 heteroatoms. The number of anilines is 1. The molecule has 7 nitrogen and oxygen atoms in total. The fraction of sp³-hybridized carbons (Fsp3) is 0.0952. The highest BCUT2D eigenvalue weighted by molar-refractivity contribution is 7.92. The number of halogens is 4. The van der Waals surface area contributed by atoms with Gasteiger partial charge in [-0.2, -0.15) is 18.3 Å². The van der Waals surface area contributed by atoms with Crippen molar-refractivity contribution in [2.24, 2.45) is 5.10 Å². The van der Waals surface area contributed by atoms with Gasteiger partial charge in [-0.3, -0.25) is 14.1 Å². The van der Waals surface area contributed by atoms with Crippen molar-refractivity contribution in [3.05, 3.63) is 89.2 Å². The Labute approximate surface area is 192 Å². The molecule has 0 radical (unpaired) electrons. The van der Waals surface area contributed by atoms with Crippen molar-refractivity contribution in [1.82, 2.24) is 10.4 Å². The molecule has 172 valence electrons. The highest BCUT2D eigenvalue weighted by Crippen LogP contribution is 2.37. The number of amides is 1. The van der Waals surface area contributed by atoms with Crippen molar-refractivity contribution in [3.63, 3.8) is 0 Å². The Balaban J connectivity index is 1.95. The third-order valence-electron chi connectivity index (χ3n) is 4.27. The molecule has 2 aromatic carbocycles. The minimum absolute atomic E-state index is 0.207. The summed E-state index contributed by atoms with van der Waals surface area (Å²) in [6.07, 6.45) is -0.502. The van der Waals surface area contributed by atoms with E-state index in [4.69, 9.17) is 11.6 Å². The van der Waals surface area contributed by atoms with Gasteiger partial charge in [0.05, 0.1) is 27.4 Å². The Hall–Kier alpha value is -3.44. The first kappa shape index (κ1) is 24.2. The van der Waals surface area contributed by atoms with Gasteiger partial charge in [0.1, 0.15) is 6.54 Å². The molecular formula is C21H16ClF3N4O3S. The lowest BCUT2D eigenvalue weighted by molar-refractivity contribution is -0.137. The van der Waals surface area contributed by atoms with E-state index in [0.29, 0.717) is 15.9 Å². The molecule has 0 aliphatic carbocycles. The number of hydrogen-bond acceptors (Lipinski definition) is 5. The lowest BCUT2D eigenvalue weighted by atomic mass is 10.2. The number of hydrogen-bond donors (Lipinski definition) is 1. The van der Waals surface area contributed by atoms with Crippen LogP contribution in [0.3, 0.4) is 0 Å². The molecule has 1 N–H and O–H groups in total. The fourth-order valence-electron chi connectivity index (χ4n) is 2.71. The number of pyridine rings is 1. The number of aromatic nitrogens is 1. The topological polar surface area (TPSA) is 91.7 Å². The normalized spacial score (nSPS) is 12.0. The number of carbonyl (C=O) groups excluding carboxylic acids is 1. The minimum atomic E-state index is -4.83. The predicted octanol–water partition coefficient (Wildman–Crippen LogP) is 4.10. The second kappa shape index (κ2) is 10.0. The lowest BCUT2D eigenvalue weighted by Crippen LogP contribution is -2.39. The van der Waals surface area contributed by atoms with Crippen molar-refractivity contribution >= 4 is 39.4 Å². The number of sulfonamides is 1. The van der Waals surface area contributed by atoms with Gasteiger partial charge in [0, 0.05) is 12.4 Å². The molecule has 33 heavy (non-hydrogen) atoms. The Bertz CT molecular complexity index is 1250. The molecule has 0 saturated heterocycles. The fourth-order valence-corrected chi connectivity index (χ4v) is 4.37. The molecule has 3 rings (SSSR count). The van der Waals surface area contributed by atoms with Crippen LogP contribution in [0.15, 0.2) is 83.1 Å². The molecule has 0 fully saturated rings. The molecule has 0 bridgehead atoms. The van der Waals surface area contributed by atoms with Gasteiger partial charge in [-0.15, -0.1) is 0 Å². The van der Waals surface area contributed by atoms with Gasteiger partial charge in [0.25, 0.3) is 15.9 Å². The maximum atomic E-state index is 13.3. The second-order valence-electron chi connectivity index (χ2n) is 6.56. The number of benzene rings is 2. The number of hydrazone groups is 1. The first-order chi connectivity index (χ1) is 15.6. The number of nitrogens with one attached hydrogen (secondary N) is 1. The summed E-state index contributed by atoms with van der Waals surface area (Å²) in [5.74, 6) is -0.872. The molecule has 1 amide bonds. The molecule has 1 aromatic heterocycles. The van der Waals surface area contributed by atoms with Crippen molar-refractivity contribution in [1.29, 1.82) is 0 Å². The largest absolute Gasteiger partial charge is 0.417 e. The number of rotatable bonds is 7. The minimum Gasteiger partial charge on any atom is -0.271 e. The quantitative estimate of drug-likeness (QED) is 0.394. The van der Waals surface area contributed by atoms with Gasteiger partial charge in [-0.1, -0.05) is 29.8 Å². The van der Waals surface area contributed by atoms with Gasteiger partial charge in [-0.25, -0.2) is 13.8 Å². The summed E-state index contributed by atoms with van der Waals surface area (Å²) in [5, 5.41) is 3.14. The van der Waals surface area contributed by atoms with E-state index in [2.05, 4.69) is 15.5 Å². The maximum absolute atomic E-state index is 13.3. The summed E-state index contributed by atoms with van der Waals surface area (Å²) < 4.78 is 67.0. The summed E-state index contributed by atoms with van der Waals surface area (Å²) in [4.78, 5) is 16.1. The van der Waals surface area contributed by atoms with E-state index in [-0.39, 0.29) is 10.6 Å². The van der Waals surface area contributed by atoms with Crippen LogP contribution in [0.1, 0.15) is 11.1 Å². The first-order valence-electron chi connectivity index (χ1n) is 9.25. The molecule has 0 unspecified atom stereocenters. The third kappa shape index (κ3) is 6.08. The summed E-state index contributed by atoms with van der Waals surface area (Å²) in [6.45, 7) is -0.830. The Morgan fingerprint density at radius 1 is 1.09 bits per heavy atom. The number of nitrogens with zero attached hydrogens (tertiary/aromatic N) is 3. The Morgan fingerprint density at radius 2 is 1.76 bits per heavy atom. The molecule has 0 atom stereocenters.